The molecule has 0 radical (unpaired) electrons. The van der Waals surface area contributed by atoms with Crippen molar-refractivity contribution in [3.8, 4) is 0 Å². The lowest BCUT2D eigenvalue weighted by molar-refractivity contribution is -0.870. The minimum Gasteiger partial charge on any atom is -0.457 e. The zero-order valence-electron chi connectivity index (χ0n) is 36.9. The first-order valence-corrected chi connectivity index (χ1v) is 24.6. The van der Waals surface area contributed by atoms with Crippen molar-refractivity contribution in [1.82, 2.24) is 0 Å². The third-order valence-corrected chi connectivity index (χ3v) is 11.0. The van der Waals surface area contributed by atoms with E-state index in [0.29, 0.717) is 24.1 Å². The fourth-order valence-corrected chi connectivity index (χ4v) is 7.16. The molecule has 2 unspecified atom stereocenters. The highest BCUT2D eigenvalue weighted by molar-refractivity contribution is 7.47. The topological polar surface area (TPSA) is 91.3 Å². The zero-order chi connectivity index (χ0) is 40.6. The van der Waals surface area contributed by atoms with Gasteiger partial charge in [0.05, 0.1) is 34.4 Å². The number of phosphoric acid groups is 1. The van der Waals surface area contributed by atoms with E-state index in [0.717, 1.165) is 64.2 Å². The Bertz CT molecular complexity index is 936. The molecule has 0 spiro atoms. The predicted octanol–water partition coefficient (Wildman–Crippen LogP) is 13.6. The molecule has 0 saturated carbocycles. The summed E-state index contributed by atoms with van der Waals surface area (Å²) in [6.45, 7) is 5.57. The van der Waals surface area contributed by atoms with Gasteiger partial charge in [0, 0.05) is 13.0 Å². The van der Waals surface area contributed by atoms with Crippen molar-refractivity contribution >= 4 is 13.8 Å². The molecule has 0 aromatic heterocycles. The van der Waals surface area contributed by atoms with Gasteiger partial charge in [0.15, 0.2) is 0 Å². The lowest BCUT2D eigenvalue weighted by Gasteiger charge is -2.24. The van der Waals surface area contributed by atoms with Crippen LogP contribution in [0.3, 0.4) is 0 Å². The molecule has 0 aliphatic carbocycles. The summed E-state index contributed by atoms with van der Waals surface area (Å²) in [6.07, 6.45) is 45.0. The van der Waals surface area contributed by atoms with E-state index >= 15 is 0 Å². The molecule has 0 aliphatic rings. The molecule has 326 valence electrons. The van der Waals surface area contributed by atoms with Crippen molar-refractivity contribution in [2.45, 2.75) is 213 Å². The molecule has 0 bridgehead atoms. The van der Waals surface area contributed by atoms with E-state index in [1.54, 1.807) is 0 Å². The first kappa shape index (κ1) is 54.0. The van der Waals surface area contributed by atoms with E-state index in [9.17, 15) is 14.3 Å². The van der Waals surface area contributed by atoms with Crippen molar-refractivity contribution in [3.05, 3.63) is 24.3 Å². The fraction of sp³-hybridized carbons (Fsp3) is 0.891. The smallest absolute Gasteiger partial charge is 0.457 e. The molecular weight excluding hydrogens is 709 g/mol. The molecule has 1 N–H and O–H groups in total. The number of hydrogen-bond acceptors (Lipinski definition) is 6. The standard InChI is InChI=1S/C46H90NO7P/c1-6-8-10-12-14-16-18-20-21-22-23-24-25-26-28-30-32-34-36-38-41-51-43-45(44-53-55(49,50)52-42-40-47(3,4)5)54-46(48)39-37-35-33-31-29-27-19-17-15-13-11-9-7-2/h11,13,17,19,45H,6-10,12,14-16,18,20-44H2,1-5H3/p+1/b13-11-,19-17-. The van der Waals surface area contributed by atoms with Gasteiger partial charge in [-0.05, 0) is 38.5 Å². The third-order valence-electron chi connectivity index (χ3n) is 10.00. The summed E-state index contributed by atoms with van der Waals surface area (Å²) in [6, 6.07) is 0. The second-order valence-corrected chi connectivity index (χ2v) is 18.2. The molecule has 0 rings (SSSR count). The number of rotatable bonds is 43. The summed E-state index contributed by atoms with van der Waals surface area (Å²) in [5, 5.41) is 0. The van der Waals surface area contributed by atoms with Crippen LogP contribution in [0, 0.1) is 0 Å². The molecule has 8 nitrogen and oxygen atoms in total. The number of carbonyl (C=O) groups is 1. The van der Waals surface area contributed by atoms with Crippen LogP contribution in [0.5, 0.6) is 0 Å². The Labute approximate surface area is 341 Å². The Morgan fingerprint density at radius 1 is 0.564 bits per heavy atom. The van der Waals surface area contributed by atoms with Gasteiger partial charge in [0.25, 0.3) is 0 Å². The highest BCUT2D eigenvalue weighted by Gasteiger charge is 2.26. The SMILES string of the molecule is CCC/C=C\C/C=C\CCCCCCCC(=O)OC(COCCCCCCCCCCCCCCCCCCCCCC)COP(=O)(O)OCC[N+](C)(C)C. The van der Waals surface area contributed by atoms with Crippen LogP contribution in [0.4, 0.5) is 0 Å². The van der Waals surface area contributed by atoms with E-state index in [2.05, 4.69) is 38.2 Å². The average Bonchev–Trinajstić information content (AvgIpc) is 3.13. The van der Waals surface area contributed by atoms with Crippen molar-refractivity contribution in [3.63, 3.8) is 0 Å². The van der Waals surface area contributed by atoms with E-state index < -0.39 is 13.9 Å². The van der Waals surface area contributed by atoms with Crippen molar-refractivity contribution < 1.29 is 37.3 Å². The number of unbranched alkanes of at least 4 members (excludes halogenated alkanes) is 25. The molecular formula is C46H91NO7P+. The maximum Gasteiger partial charge on any atom is 0.472 e. The van der Waals surface area contributed by atoms with Crippen LogP contribution >= 0.6 is 7.82 Å². The Morgan fingerprint density at radius 2 is 1.04 bits per heavy atom. The molecule has 0 fully saturated rings. The summed E-state index contributed by atoms with van der Waals surface area (Å²) < 4.78 is 35.0. The van der Waals surface area contributed by atoms with E-state index in [1.807, 2.05) is 21.1 Å². The van der Waals surface area contributed by atoms with E-state index in [-0.39, 0.29) is 25.8 Å². The zero-order valence-corrected chi connectivity index (χ0v) is 37.8. The minimum absolute atomic E-state index is 0.0876. The number of esters is 1. The van der Waals surface area contributed by atoms with Gasteiger partial charge >= 0.3 is 13.8 Å². The number of likely N-dealkylation sites (N-methyl/N-ethyl adjacent to an activating group) is 1. The highest BCUT2D eigenvalue weighted by atomic mass is 31.2. The molecule has 2 atom stereocenters. The first-order chi connectivity index (χ1) is 26.6. The van der Waals surface area contributed by atoms with Crippen LogP contribution in [0.1, 0.15) is 206 Å². The summed E-state index contributed by atoms with van der Waals surface area (Å²) in [4.78, 5) is 22.9. The summed E-state index contributed by atoms with van der Waals surface area (Å²) in [5.41, 5.74) is 0. The fourth-order valence-electron chi connectivity index (χ4n) is 6.41. The summed E-state index contributed by atoms with van der Waals surface area (Å²) >= 11 is 0. The molecule has 0 aromatic rings. The lowest BCUT2D eigenvalue weighted by Crippen LogP contribution is -2.37. The molecule has 55 heavy (non-hydrogen) atoms. The second-order valence-electron chi connectivity index (χ2n) is 16.8. The second kappa shape index (κ2) is 39.8. The molecule has 0 aliphatic heterocycles. The maximum absolute atomic E-state index is 12.7. The van der Waals surface area contributed by atoms with E-state index in [1.165, 1.54) is 122 Å². The third kappa shape index (κ3) is 43.9. The van der Waals surface area contributed by atoms with Crippen LogP contribution in [0.15, 0.2) is 24.3 Å². The summed E-state index contributed by atoms with van der Waals surface area (Å²) in [5.74, 6) is -0.325. The van der Waals surface area contributed by atoms with Crippen molar-refractivity contribution in [1.29, 1.82) is 0 Å². The van der Waals surface area contributed by atoms with Crippen LogP contribution in [0.2, 0.25) is 0 Å². The number of nitrogens with zero attached hydrogens (tertiary/aromatic N) is 1. The predicted molar refractivity (Wildman–Crippen MR) is 233 cm³/mol. The number of allylic oxidation sites excluding steroid dienone is 4. The Hall–Kier alpha value is -1.02. The Morgan fingerprint density at radius 3 is 1.55 bits per heavy atom. The maximum atomic E-state index is 12.7. The Kier molecular flexibility index (Phi) is 39.1. The molecule has 0 saturated heterocycles. The number of phosphoric ester groups is 1. The number of ether oxygens (including phenoxy) is 2. The van der Waals surface area contributed by atoms with Crippen LogP contribution in [-0.4, -0.2) is 75.6 Å². The molecule has 0 heterocycles. The molecule has 0 amide bonds. The van der Waals surface area contributed by atoms with Crippen molar-refractivity contribution in [2.75, 3.05) is 54.1 Å². The first-order valence-electron chi connectivity index (χ1n) is 23.1. The average molecular weight is 801 g/mol. The van der Waals surface area contributed by atoms with Crippen LogP contribution < -0.4 is 0 Å². The van der Waals surface area contributed by atoms with Gasteiger partial charge in [-0.2, -0.15) is 0 Å². The largest absolute Gasteiger partial charge is 0.472 e. The minimum atomic E-state index is -4.27. The van der Waals surface area contributed by atoms with Gasteiger partial charge < -0.3 is 18.9 Å². The highest BCUT2D eigenvalue weighted by Crippen LogP contribution is 2.43. The number of hydrogen-bond donors (Lipinski definition) is 1. The van der Waals surface area contributed by atoms with Crippen molar-refractivity contribution in [2.24, 2.45) is 0 Å². The quantitative estimate of drug-likeness (QED) is 0.0216. The van der Waals surface area contributed by atoms with Gasteiger partial charge in [-0.3, -0.25) is 13.8 Å². The van der Waals surface area contributed by atoms with Gasteiger partial charge in [0.1, 0.15) is 19.3 Å². The number of quaternary nitrogens is 1. The summed E-state index contributed by atoms with van der Waals surface area (Å²) in [7, 11) is 1.66. The number of carbonyl (C=O) groups excluding carboxylic acids is 1. The Balaban J connectivity index is 4.14. The van der Waals surface area contributed by atoms with Gasteiger partial charge in [-0.1, -0.05) is 186 Å². The molecule has 9 heteroatoms. The van der Waals surface area contributed by atoms with Crippen LogP contribution in [-0.2, 0) is 27.9 Å². The molecule has 0 aromatic carbocycles. The normalized spacial score (nSPS) is 13.9. The van der Waals surface area contributed by atoms with Crippen LogP contribution in [0.25, 0.3) is 0 Å². The van der Waals surface area contributed by atoms with E-state index in [4.69, 9.17) is 18.5 Å². The van der Waals surface area contributed by atoms with Gasteiger partial charge in [0.2, 0.25) is 0 Å². The lowest BCUT2D eigenvalue weighted by atomic mass is 10.0. The van der Waals surface area contributed by atoms with Gasteiger partial charge in [-0.25, -0.2) is 4.57 Å². The van der Waals surface area contributed by atoms with Gasteiger partial charge in [-0.15, -0.1) is 0 Å². The monoisotopic (exact) mass is 801 g/mol.